The molecule has 2 nitrogen and oxygen atoms in total. The minimum atomic E-state index is -0.0947. The van der Waals surface area contributed by atoms with Crippen LogP contribution in [0.5, 0.6) is 0 Å². The van der Waals surface area contributed by atoms with Gasteiger partial charge < -0.3 is 9.84 Å². The molecule has 0 aromatic rings. The lowest BCUT2D eigenvalue weighted by atomic mass is 10.1. The van der Waals surface area contributed by atoms with Crippen molar-refractivity contribution in [2.45, 2.75) is 96.5 Å². The third-order valence-corrected chi connectivity index (χ3v) is 4.59. The molecule has 1 saturated carbocycles. The van der Waals surface area contributed by atoms with E-state index in [1.165, 1.54) is 70.6 Å². The van der Waals surface area contributed by atoms with Gasteiger partial charge in [-0.15, -0.1) is 0 Å². The molecule has 1 N–H and O–H groups in total. The first-order valence-corrected chi connectivity index (χ1v) is 9.10. The number of ether oxygens (including phenoxy) is 1. The molecule has 0 aliphatic heterocycles. The fourth-order valence-electron chi connectivity index (χ4n) is 3.14. The van der Waals surface area contributed by atoms with Gasteiger partial charge in [0.15, 0.2) is 0 Å². The summed E-state index contributed by atoms with van der Waals surface area (Å²) in [6.45, 7) is 3.94. The number of aliphatic hydroxyl groups is 1. The number of hydrogen-bond donors (Lipinski definition) is 1. The Labute approximate surface area is 126 Å². The summed E-state index contributed by atoms with van der Waals surface area (Å²) in [6.07, 6.45) is 16.9. The van der Waals surface area contributed by atoms with E-state index in [-0.39, 0.29) is 6.10 Å². The second-order valence-corrected chi connectivity index (χ2v) is 6.52. The van der Waals surface area contributed by atoms with Gasteiger partial charge in [0.05, 0.1) is 12.7 Å². The highest BCUT2D eigenvalue weighted by Gasteiger charge is 2.24. The molecule has 1 aliphatic carbocycles. The highest BCUT2D eigenvalue weighted by molar-refractivity contribution is 4.75. The van der Waals surface area contributed by atoms with Gasteiger partial charge in [-0.05, 0) is 19.3 Å². The second kappa shape index (κ2) is 12.6. The summed E-state index contributed by atoms with van der Waals surface area (Å²) in [6, 6.07) is 0. The van der Waals surface area contributed by atoms with Crippen molar-refractivity contribution in [2.75, 3.05) is 13.2 Å². The van der Waals surface area contributed by atoms with E-state index in [1.807, 2.05) is 0 Å². The average molecular weight is 284 g/mol. The molecule has 2 heteroatoms. The summed E-state index contributed by atoms with van der Waals surface area (Å²) in [5, 5.41) is 9.69. The SMILES string of the molecule is CCCCCCCCCCCCOC[C@@H]1CCC[C@H]1O. The Balaban J connectivity index is 1.72. The summed E-state index contributed by atoms with van der Waals surface area (Å²) in [4.78, 5) is 0. The maximum atomic E-state index is 9.69. The summed E-state index contributed by atoms with van der Waals surface area (Å²) in [7, 11) is 0. The van der Waals surface area contributed by atoms with Crippen LogP contribution < -0.4 is 0 Å². The quantitative estimate of drug-likeness (QED) is 0.478. The van der Waals surface area contributed by atoms with Gasteiger partial charge in [0.25, 0.3) is 0 Å². The highest BCUT2D eigenvalue weighted by atomic mass is 16.5. The Kier molecular flexibility index (Phi) is 11.4. The summed E-state index contributed by atoms with van der Waals surface area (Å²) in [5.41, 5.74) is 0. The lowest BCUT2D eigenvalue weighted by molar-refractivity contribution is 0.0428. The van der Waals surface area contributed by atoms with E-state index in [2.05, 4.69) is 6.92 Å². The van der Waals surface area contributed by atoms with Crippen LogP contribution in [0.15, 0.2) is 0 Å². The van der Waals surface area contributed by atoms with E-state index >= 15 is 0 Å². The number of rotatable bonds is 13. The molecule has 0 aromatic carbocycles. The Hall–Kier alpha value is -0.0800. The van der Waals surface area contributed by atoms with Crippen LogP contribution in [-0.4, -0.2) is 24.4 Å². The van der Waals surface area contributed by atoms with Gasteiger partial charge in [0.1, 0.15) is 0 Å². The van der Waals surface area contributed by atoms with Gasteiger partial charge in [0, 0.05) is 12.5 Å². The largest absolute Gasteiger partial charge is 0.393 e. The lowest BCUT2D eigenvalue weighted by Crippen LogP contribution is -2.19. The minimum absolute atomic E-state index is 0.0947. The van der Waals surface area contributed by atoms with Crippen molar-refractivity contribution in [2.24, 2.45) is 5.92 Å². The Bertz CT molecular complexity index is 206. The topological polar surface area (TPSA) is 29.5 Å². The van der Waals surface area contributed by atoms with Gasteiger partial charge >= 0.3 is 0 Å². The zero-order valence-corrected chi connectivity index (χ0v) is 13.6. The molecule has 0 heterocycles. The van der Waals surface area contributed by atoms with Crippen molar-refractivity contribution in [3.05, 3.63) is 0 Å². The molecule has 1 fully saturated rings. The van der Waals surface area contributed by atoms with Crippen molar-refractivity contribution in [1.29, 1.82) is 0 Å². The molecule has 0 unspecified atom stereocenters. The fourth-order valence-corrected chi connectivity index (χ4v) is 3.14. The molecule has 0 radical (unpaired) electrons. The first-order chi connectivity index (χ1) is 9.84. The van der Waals surface area contributed by atoms with E-state index in [0.717, 1.165) is 26.1 Å². The third kappa shape index (κ3) is 8.97. The van der Waals surface area contributed by atoms with Crippen molar-refractivity contribution < 1.29 is 9.84 Å². The first kappa shape index (κ1) is 18.0. The molecule has 1 rings (SSSR count). The highest BCUT2D eigenvalue weighted by Crippen LogP contribution is 2.25. The zero-order chi connectivity index (χ0) is 14.5. The maximum Gasteiger partial charge on any atom is 0.0590 e. The molecule has 120 valence electrons. The predicted molar refractivity (Wildman–Crippen MR) is 86.0 cm³/mol. The van der Waals surface area contributed by atoms with Crippen LogP contribution in [0.3, 0.4) is 0 Å². The molecule has 0 aromatic heterocycles. The second-order valence-electron chi connectivity index (χ2n) is 6.52. The van der Waals surface area contributed by atoms with Crippen LogP contribution in [0.2, 0.25) is 0 Å². The third-order valence-electron chi connectivity index (χ3n) is 4.59. The lowest BCUT2D eigenvalue weighted by Gasteiger charge is -2.14. The van der Waals surface area contributed by atoms with Gasteiger partial charge in [0.2, 0.25) is 0 Å². The van der Waals surface area contributed by atoms with Gasteiger partial charge in [-0.2, -0.15) is 0 Å². The summed E-state index contributed by atoms with van der Waals surface area (Å²) >= 11 is 0. The molecule has 1 aliphatic rings. The van der Waals surface area contributed by atoms with E-state index < -0.39 is 0 Å². The normalized spacial score (nSPS) is 22.5. The predicted octanol–water partition coefficient (Wildman–Crippen LogP) is 5.08. The fraction of sp³-hybridized carbons (Fsp3) is 1.00. The Morgan fingerprint density at radius 2 is 1.45 bits per heavy atom. The molecule has 0 spiro atoms. The van der Waals surface area contributed by atoms with Gasteiger partial charge in [-0.25, -0.2) is 0 Å². The van der Waals surface area contributed by atoms with E-state index in [4.69, 9.17) is 4.74 Å². The zero-order valence-electron chi connectivity index (χ0n) is 13.6. The average Bonchev–Trinajstić information content (AvgIpc) is 2.85. The van der Waals surface area contributed by atoms with Crippen LogP contribution in [0.1, 0.15) is 90.4 Å². The monoisotopic (exact) mass is 284 g/mol. The molecule has 0 saturated heterocycles. The van der Waals surface area contributed by atoms with E-state index in [9.17, 15) is 5.11 Å². The van der Waals surface area contributed by atoms with Crippen molar-refractivity contribution in [3.63, 3.8) is 0 Å². The number of hydrogen-bond acceptors (Lipinski definition) is 2. The standard InChI is InChI=1S/C18H36O2/c1-2-3-4-5-6-7-8-9-10-11-15-20-16-17-13-12-14-18(17)19/h17-19H,2-16H2,1H3/t17-,18+/m0/s1. The first-order valence-electron chi connectivity index (χ1n) is 9.10. The van der Waals surface area contributed by atoms with Crippen molar-refractivity contribution in [1.82, 2.24) is 0 Å². The van der Waals surface area contributed by atoms with Crippen molar-refractivity contribution in [3.8, 4) is 0 Å². The molecule has 20 heavy (non-hydrogen) atoms. The summed E-state index contributed by atoms with van der Waals surface area (Å²) < 4.78 is 5.70. The summed E-state index contributed by atoms with van der Waals surface area (Å²) in [5.74, 6) is 0.415. The van der Waals surface area contributed by atoms with Crippen LogP contribution >= 0.6 is 0 Å². The van der Waals surface area contributed by atoms with Crippen LogP contribution in [0.4, 0.5) is 0 Å². The van der Waals surface area contributed by atoms with Crippen molar-refractivity contribution >= 4 is 0 Å². The van der Waals surface area contributed by atoms with E-state index in [1.54, 1.807) is 0 Å². The molecule has 0 bridgehead atoms. The van der Waals surface area contributed by atoms with Crippen LogP contribution in [-0.2, 0) is 4.74 Å². The minimum Gasteiger partial charge on any atom is -0.393 e. The molecular formula is C18H36O2. The smallest absolute Gasteiger partial charge is 0.0590 e. The Morgan fingerprint density at radius 3 is 2.00 bits per heavy atom. The molecular weight excluding hydrogens is 248 g/mol. The van der Waals surface area contributed by atoms with E-state index in [0.29, 0.717) is 5.92 Å². The Morgan fingerprint density at radius 1 is 0.850 bits per heavy atom. The number of aliphatic hydroxyl groups excluding tert-OH is 1. The van der Waals surface area contributed by atoms with Crippen LogP contribution in [0.25, 0.3) is 0 Å². The number of unbranched alkanes of at least 4 members (excludes halogenated alkanes) is 9. The molecule has 2 atom stereocenters. The molecule has 0 amide bonds. The van der Waals surface area contributed by atoms with Gasteiger partial charge in [-0.1, -0.05) is 71.1 Å². The maximum absolute atomic E-state index is 9.69. The van der Waals surface area contributed by atoms with Crippen LogP contribution in [0, 0.1) is 5.92 Å². The van der Waals surface area contributed by atoms with Gasteiger partial charge in [-0.3, -0.25) is 0 Å².